The molecule has 0 aliphatic carbocycles. The summed E-state index contributed by atoms with van der Waals surface area (Å²) in [6.07, 6.45) is 3.11. The highest BCUT2D eigenvalue weighted by Crippen LogP contribution is 2.28. The molecule has 0 aliphatic rings. The van der Waals surface area contributed by atoms with E-state index in [-0.39, 0.29) is 11.9 Å². The third-order valence-corrected chi connectivity index (χ3v) is 3.47. The van der Waals surface area contributed by atoms with Crippen molar-refractivity contribution in [1.29, 1.82) is 0 Å². The van der Waals surface area contributed by atoms with Crippen LogP contribution in [0.25, 0.3) is 6.08 Å². The number of carbonyl (C=O) groups is 2. The zero-order valence-electron chi connectivity index (χ0n) is 14.8. The van der Waals surface area contributed by atoms with Crippen LogP contribution in [0.3, 0.4) is 0 Å². The molecule has 0 aromatic heterocycles. The van der Waals surface area contributed by atoms with Crippen LogP contribution < -0.4 is 25.4 Å². The van der Waals surface area contributed by atoms with Gasteiger partial charge in [-0.15, -0.1) is 0 Å². The number of methoxy groups -OCH3 is 2. The topological polar surface area (TPSA) is 88.7 Å². The minimum absolute atomic E-state index is 0.271. The number of amides is 3. The summed E-state index contributed by atoms with van der Waals surface area (Å²) in [6, 6.07) is 11.9. The fraction of sp³-hybridized carbons (Fsp3) is 0.158. The van der Waals surface area contributed by atoms with Crippen LogP contribution in [-0.4, -0.2) is 33.2 Å². The number of ether oxygens (including phenoxy) is 2. The standard InChI is InChI=1S/C19H21N3O4/c1-20-19(24)22-15-8-6-14(7-9-15)21-18(23)11-5-13-4-10-16(25-2)17(12-13)26-3/h4-12H,1-3H3,(H,21,23)(H2,20,22,24)/b11-5+. The van der Waals surface area contributed by atoms with Crippen LogP contribution >= 0.6 is 0 Å². The van der Waals surface area contributed by atoms with Crippen LogP contribution in [0.1, 0.15) is 5.56 Å². The molecule has 0 fully saturated rings. The van der Waals surface area contributed by atoms with Gasteiger partial charge in [-0.2, -0.15) is 0 Å². The third-order valence-electron chi connectivity index (χ3n) is 3.47. The first-order valence-electron chi connectivity index (χ1n) is 7.85. The number of rotatable bonds is 6. The molecule has 2 aromatic carbocycles. The number of carbonyl (C=O) groups excluding carboxylic acids is 2. The van der Waals surface area contributed by atoms with Crippen molar-refractivity contribution in [2.75, 3.05) is 31.9 Å². The molecule has 0 aliphatic heterocycles. The Hall–Kier alpha value is -3.48. The molecular formula is C19H21N3O4. The summed E-state index contributed by atoms with van der Waals surface area (Å²) in [6.45, 7) is 0. The minimum atomic E-state index is -0.306. The third kappa shape index (κ3) is 5.27. The molecule has 136 valence electrons. The molecule has 7 nitrogen and oxygen atoms in total. The van der Waals surface area contributed by atoms with Gasteiger partial charge in [-0.05, 0) is 48.0 Å². The highest BCUT2D eigenvalue weighted by atomic mass is 16.5. The largest absolute Gasteiger partial charge is 0.493 e. The van der Waals surface area contributed by atoms with E-state index in [9.17, 15) is 9.59 Å². The van der Waals surface area contributed by atoms with Crippen molar-refractivity contribution in [3.63, 3.8) is 0 Å². The maximum atomic E-state index is 12.0. The van der Waals surface area contributed by atoms with Crippen molar-refractivity contribution in [3.8, 4) is 11.5 Å². The fourth-order valence-corrected chi connectivity index (χ4v) is 2.14. The lowest BCUT2D eigenvalue weighted by atomic mass is 10.2. The van der Waals surface area contributed by atoms with Gasteiger partial charge in [0.1, 0.15) is 0 Å². The molecule has 26 heavy (non-hydrogen) atoms. The van der Waals surface area contributed by atoms with E-state index in [0.29, 0.717) is 22.9 Å². The Kier molecular flexibility index (Phi) is 6.61. The van der Waals surface area contributed by atoms with E-state index in [1.807, 2.05) is 6.07 Å². The number of hydrogen-bond donors (Lipinski definition) is 3. The summed E-state index contributed by atoms with van der Waals surface area (Å²) >= 11 is 0. The maximum absolute atomic E-state index is 12.0. The summed E-state index contributed by atoms with van der Waals surface area (Å²) < 4.78 is 10.4. The van der Waals surface area contributed by atoms with Crippen molar-refractivity contribution in [3.05, 3.63) is 54.1 Å². The zero-order chi connectivity index (χ0) is 18.9. The SMILES string of the molecule is CNC(=O)Nc1ccc(NC(=O)/C=C/c2ccc(OC)c(OC)c2)cc1. The summed E-state index contributed by atoms with van der Waals surface area (Å²) in [7, 11) is 4.66. The number of anilines is 2. The second-order valence-electron chi connectivity index (χ2n) is 5.22. The lowest BCUT2D eigenvalue weighted by Crippen LogP contribution is -2.24. The average molecular weight is 355 g/mol. The molecule has 3 amide bonds. The molecule has 0 heterocycles. The number of benzene rings is 2. The van der Waals surface area contributed by atoms with E-state index in [2.05, 4.69) is 16.0 Å². The van der Waals surface area contributed by atoms with Crippen LogP contribution in [0.5, 0.6) is 11.5 Å². The van der Waals surface area contributed by atoms with Gasteiger partial charge in [0.15, 0.2) is 11.5 Å². The first-order valence-corrected chi connectivity index (χ1v) is 7.85. The molecule has 2 rings (SSSR count). The molecule has 3 N–H and O–H groups in total. The number of hydrogen-bond acceptors (Lipinski definition) is 4. The first-order chi connectivity index (χ1) is 12.5. The second-order valence-corrected chi connectivity index (χ2v) is 5.22. The Morgan fingerprint density at radius 3 is 2.08 bits per heavy atom. The second kappa shape index (κ2) is 9.12. The predicted molar refractivity (Wildman–Crippen MR) is 102 cm³/mol. The molecule has 0 radical (unpaired) electrons. The Morgan fingerprint density at radius 1 is 0.885 bits per heavy atom. The monoisotopic (exact) mass is 355 g/mol. The molecule has 0 atom stereocenters. The van der Waals surface area contributed by atoms with Crippen LogP contribution in [0, 0.1) is 0 Å². The van der Waals surface area contributed by atoms with E-state index in [0.717, 1.165) is 5.56 Å². The lowest BCUT2D eigenvalue weighted by Gasteiger charge is -2.08. The average Bonchev–Trinajstić information content (AvgIpc) is 2.67. The summed E-state index contributed by atoms with van der Waals surface area (Å²) in [5.41, 5.74) is 2.06. The van der Waals surface area contributed by atoms with Crippen LogP contribution in [0.2, 0.25) is 0 Å². The Balaban J connectivity index is 1.97. The maximum Gasteiger partial charge on any atom is 0.318 e. The predicted octanol–water partition coefficient (Wildman–Crippen LogP) is 3.11. The lowest BCUT2D eigenvalue weighted by molar-refractivity contribution is -0.111. The van der Waals surface area contributed by atoms with Crippen molar-refractivity contribution in [1.82, 2.24) is 5.32 Å². The number of nitrogens with one attached hydrogen (secondary N) is 3. The van der Waals surface area contributed by atoms with Crippen molar-refractivity contribution in [2.24, 2.45) is 0 Å². The minimum Gasteiger partial charge on any atom is -0.493 e. The smallest absolute Gasteiger partial charge is 0.318 e. The molecular weight excluding hydrogens is 334 g/mol. The molecule has 0 saturated carbocycles. The van der Waals surface area contributed by atoms with Gasteiger partial charge in [-0.3, -0.25) is 4.79 Å². The molecule has 0 saturated heterocycles. The van der Waals surface area contributed by atoms with E-state index in [4.69, 9.17) is 9.47 Å². The highest BCUT2D eigenvalue weighted by molar-refractivity contribution is 6.02. The fourth-order valence-electron chi connectivity index (χ4n) is 2.14. The molecule has 0 spiro atoms. The first kappa shape index (κ1) is 18.9. The Bertz CT molecular complexity index is 801. The molecule has 0 bridgehead atoms. The van der Waals surface area contributed by atoms with Gasteiger partial charge in [0.2, 0.25) is 5.91 Å². The van der Waals surface area contributed by atoms with Gasteiger partial charge in [-0.1, -0.05) is 6.07 Å². The Labute approximate surface area is 152 Å². The van der Waals surface area contributed by atoms with Crippen molar-refractivity contribution >= 4 is 29.4 Å². The van der Waals surface area contributed by atoms with Gasteiger partial charge in [0, 0.05) is 24.5 Å². The molecule has 0 unspecified atom stereocenters. The van der Waals surface area contributed by atoms with E-state index in [1.165, 1.54) is 13.1 Å². The summed E-state index contributed by atoms with van der Waals surface area (Å²) in [4.78, 5) is 23.3. The normalized spacial score (nSPS) is 10.3. The van der Waals surface area contributed by atoms with E-state index < -0.39 is 0 Å². The van der Waals surface area contributed by atoms with Crippen molar-refractivity contribution in [2.45, 2.75) is 0 Å². The number of urea groups is 1. The Morgan fingerprint density at radius 2 is 1.50 bits per heavy atom. The quantitative estimate of drug-likeness (QED) is 0.695. The van der Waals surface area contributed by atoms with Crippen LogP contribution in [0.15, 0.2) is 48.5 Å². The van der Waals surface area contributed by atoms with E-state index in [1.54, 1.807) is 56.7 Å². The zero-order valence-corrected chi connectivity index (χ0v) is 14.8. The van der Waals surface area contributed by atoms with Crippen molar-refractivity contribution < 1.29 is 19.1 Å². The van der Waals surface area contributed by atoms with Gasteiger partial charge < -0.3 is 25.4 Å². The molecule has 7 heteroatoms. The van der Waals surface area contributed by atoms with E-state index >= 15 is 0 Å². The highest BCUT2D eigenvalue weighted by Gasteiger charge is 2.04. The van der Waals surface area contributed by atoms with Crippen LogP contribution in [-0.2, 0) is 4.79 Å². The summed E-state index contributed by atoms with van der Waals surface area (Å²) in [5.74, 6) is 0.945. The summed E-state index contributed by atoms with van der Waals surface area (Å²) in [5, 5.41) is 7.85. The van der Waals surface area contributed by atoms with Gasteiger partial charge in [-0.25, -0.2) is 4.79 Å². The van der Waals surface area contributed by atoms with Gasteiger partial charge in [0.25, 0.3) is 0 Å². The van der Waals surface area contributed by atoms with Gasteiger partial charge in [0.05, 0.1) is 14.2 Å². The van der Waals surface area contributed by atoms with Gasteiger partial charge >= 0.3 is 6.03 Å². The molecule has 2 aromatic rings. The van der Waals surface area contributed by atoms with Crippen LogP contribution in [0.4, 0.5) is 16.2 Å².